The molecule has 2 aromatic carbocycles. The van der Waals surface area contributed by atoms with Gasteiger partial charge in [0.15, 0.2) is 11.5 Å². The van der Waals surface area contributed by atoms with Crippen LogP contribution in [0.2, 0.25) is 0 Å². The molecule has 154 valence electrons. The molecule has 0 spiro atoms. The number of sulfonamides is 1. The lowest BCUT2D eigenvalue weighted by Gasteiger charge is -2.26. The van der Waals surface area contributed by atoms with Gasteiger partial charge in [0.2, 0.25) is 10.0 Å². The summed E-state index contributed by atoms with van der Waals surface area (Å²) >= 11 is 0. The Bertz CT molecular complexity index is 1050. The summed E-state index contributed by atoms with van der Waals surface area (Å²) in [5.41, 5.74) is 2.46. The first-order chi connectivity index (χ1) is 13.8. The second-order valence-corrected chi connectivity index (χ2v) is 8.01. The molecule has 1 aliphatic heterocycles. The second-order valence-electron chi connectivity index (χ2n) is 6.07. The number of benzene rings is 2. The number of ether oxygens (including phenoxy) is 1. The predicted octanol–water partition coefficient (Wildman–Crippen LogP) is 1.47. The van der Waals surface area contributed by atoms with Crippen LogP contribution in [0.1, 0.15) is 5.56 Å². The zero-order valence-corrected chi connectivity index (χ0v) is 15.9. The summed E-state index contributed by atoms with van der Waals surface area (Å²) in [7, 11) is -3.88. The van der Waals surface area contributed by atoms with Crippen LogP contribution in [0.3, 0.4) is 0 Å². The molecule has 0 bridgehead atoms. The van der Waals surface area contributed by atoms with Gasteiger partial charge in [-0.3, -0.25) is 15.5 Å². The third-order valence-corrected chi connectivity index (χ3v) is 6.07. The van der Waals surface area contributed by atoms with E-state index in [-0.39, 0.29) is 48.4 Å². The molecule has 1 heterocycles. The van der Waals surface area contributed by atoms with Crippen LogP contribution < -0.4 is 5.43 Å². The third kappa shape index (κ3) is 4.62. The van der Waals surface area contributed by atoms with Crippen molar-refractivity contribution < 1.29 is 28.3 Å². The normalized spacial score (nSPS) is 15.4. The number of hydrogen-bond acceptors (Lipinski definition) is 9. The van der Waals surface area contributed by atoms with E-state index in [1.54, 1.807) is 0 Å². The standard InChI is InChI=1S/C17H18N4O7S/c22-16-4-1-12(9-17(16)23)11-18-19-14-3-2-13(10-15(14)21(24)25)29(26,27)20-5-7-28-8-6-20/h1-4,9-11,19,22-23H,5-8H2. The molecule has 0 atom stereocenters. The first kappa shape index (κ1) is 20.5. The number of nitrogens with one attached hydrogen (secondary N) is 1. The molecule has 0 unspecified atom stereocenters. The van der Waals surface area contributed by atoms with Crippen LogP contribution >= 0.6 is 0 Å². The summed E-state index contributed by atoms with van der Waals surface area (Å²) < 4.78 is 31.7. The molecule has 0 aromatic heterocycles. The molecule has 3 N–H and O–H groups in total. The van der Waals surface area contributed by atoms with E-state index >= 15 is 0 Å². The molecule has 0 aliphatic carbocycles. The largest absolute Gasteiger partial charge is 0.504 e. The molecule has 0 amide bonds. The maximum absolute atomic E-state index is 12.7. The molecule has 2 aromatic rings. The topological polar surface area (TPSA) is 155 Å². The van der Waals surface area contributed by atoms with Crippen LogP contribution in [-0.2, 0) is 14.8 Å². The monoisotopic (exact) mass is 422 g/mol. The van der Waals surface area contributed by atoms with Gasteiger partial charge in [-0.15, -0.1) is 0 Å². The fraction of sp³-hybridized carbons (Fsp3) is 0.235. The van der Waals surface area contributed by atoms with Crippen LogP contribution in [0.5, 0.6) is 11.5 Å². The zero-order chi connectivity index (χ0) is 21.0. The van der Waals surface area contributed by atoms with Gasteiger partial charge in [0.1, 0.15) is 5.69 Å². The van der Waals surface area contributed by atoms with Gasteiger partial charge in [-0.05, 0) is 35.9 Å². The van der Waals surface area contributed by atoms with Gasteiger partial charge in [0, 0.05) is 19.2 Å². The molecule has 0 saturated carbocycles. The quantitative estimate of drug-likeness (QED) is 0.274. The van der Waals surface area contributed by atoms with Crippen LogP contribution in [0.4, 0.5) is 11.4 Å². The second kappa shape index (κ2) is 8.43. The SMILES string of the molecule is O=[N+]([O-])c1cc(S(=O)(=O)N2CCOCC2)ccc1NN=Cc1ccc(O)c(O)c1. The number of nitrogens with zero attached hydrogens (tertiary/aromatic N) is 3. The number of hydrogen-bond donors (Lipinski definition) is 3. The van der Waals surface area contributed by atoms with Gasteiger partial charge in [-0.2, -0.15) is 9.41 Å². The van der Waals surface area contributed by atoms with Crippen molar-refractivity contribution in [2.75, 3.05) is 31.7 Å². The Hall–Kier alpha value is -3.22. The summed E-state index contributed by atoms with van der Waals surface area (Å²) in [6, 6.07) is 7.51. The number of aromatic hydroxyl groups is 2. The minimum atomic E-state index is -3.88. The Kier molecular flexibility index (Phi) is 5.96. The Balaban J connectivity index is 1.83. The van der Waals surface area contributed by atoms with E-state index in [4.69, 9.17) is 4.74 Å². The van der Waals surface area contributed by atoms with Crippen molar-refractivity contribution in [1.29, 1.82) is 0 Å². The highest BCUT2D eigenvalue weighted by Crippen LogP contribution is 2.29. The minimum Gasteiger partial charge on any atom is -0.504 e. The van der Waals surface area contributed by atoms with Crippen molar-refractivity contribution in [3.8, 4) is 11.5 Å². The highest BCUT2D eigenvalue weighted by Gasteiger charge is 2.28. The van der Waals surface area contributed by atoms with Crippen molar-refractivity contribution in [1.82, 2.24) is 4.31 Å². The number of anilines is 1. The van der Waals surface area contributed by atoms with E-state index in [0.29, 0.717) is 5.56 Å². The maximum Gasteiger partial charge on any atom is 0.295 e. The fourth-order valence-corrected chi connectivity index (χ4v) is 4.08. The first-order valence-electron chi connectivity index (χ1n) is 8.46. The van der Waals surface area contributed by atoms with Crippen LogP contribution in [0, 0.1) is 10.1 Å². The molecule has 1 aliphatic rings. The predicted molar refractivity (Wildman–Crippen MR) is 104 cm³/mol. The fourth-order valence-electron chi connectivity index (χ4n) is 2.65. The first-order valence-corrected chi connectivity index (χ1v) is 9.90. The number of phenolic OH excluding ortho intramolecular Hbond substituents is 2. The van der Waals surface area contributed by atoms with Gasteiger partial charge in [-0.1, -0.05) is 0 Å². The van der Waals surface area contributed by atoms with E-state index < -0.39 is 20.6 Å². The molecule has 1 fully saturated rings. The molecule has 1 saturated heterocycles. The summed E-state index contributed by atoms with van der Waals surface area (Å²) in [6.45, 7) is 0.894. The lowest BCUT2D eigenvalue weighted by atomic mass is 10.2. The molecule has 29 heavy (non-hydrogen) atoms. The van der Waals surface area contributed by atoms with E-state index in [9.17, 15) is 28.7 Å². The van der Waals surface area contributed by atoms with Crippen molar-refractivity contribution >= 4 is 27.6 Å². The van der Waals surface area contributed by atoms with E-state index in [1.807, 2.05) is 0 Å². The van der Waals surface area contributed by atoms with Crippen molar-refractivity contribution in [3.05, 3.63) is 52.1 Å². The van der Waals surface area contributed by atoms with Crippen LogP contribution in [-0.4, -0.2) is 60.4 Å². The summed E-state index contributed by atoms with van der Waals surface area (Å²) in [5, 5.41) is 34.0. The van der Waals surface area contributed by atoms with Crippen LogP contribution in [0.25, 0.3) is 0 Å². The van der Waals surface area contributed by atoms with Crippen molar-refractivity contribution in [2.24, 2.45) is 5.10 Å². The molecule has 12 heteroatoms. The lowest BCUT2D eigenvalue weighted by Crippen LogP contribution is -2.40. The van der Waals surface area contributed by atoms with Gasteiger partial charge >= 0.3 is 0 Å². The third-order valence-electron chi connectivity index (χ3n) is 4.17. The average molecular weight is 422 g/mol. The van der Waals surface area contributed by atoms with Crippen LogP contribution in [0.15, 0.2) is 46.4 Å². The Morgan fingerprint density at radius 1 is 1.14 bits per heavy atom. The highest BCUT2D eigenvalue weighted by atomic mass is 32.2. The van der Waals surface area contributed by atoms with E-state index in [2.05, 4.69) is 10.5 Å². The smallest absolute Gasteiger partial charge is 0.295 e. The molecular formula is C17H18N4O7S. The lowest BCUT2D eigenvalue weighted by molar-refractivity contribution is -0.384. The van der Waals surface area contributed by atoms with Crippen molar-refractivity contribution in [2.45, 2.75) is 4.90 Å². The Morgan fingerprint density at radius 2 is 1.86 bits per heavy atom. The minimum absolute atomic E-state index is 0.00447. The molecule has 3 rings (SSSR count). The summed E-state index contributed by atoms with van der Waals surface area (Å²) in [4.78, 5) is 10.5. The number of phenols is 2. The number of rotatable bonds is 6. The molecule has 11 nitrogen and oxygen atoms in total. The number of nitro benzene ring substituents is 1. The van der Waals surface area contributed by atoms with E-state index in [1.165, 1.54) is 40.9 Å². The van der Waals surface area contributed by atoms with E-state index in [0.717, 1.165) is 6.07 Å². The Morgan fingerprint density at radius 3 is 2.52 bits per heavy atom. The maximum atomic E-state index is 12.7. The number of morpholine rings is 1. The van der Waals surface area contributed by atoms with Gasteiger partial charge < -0.3 is 14.9 Å². The highest BCUT2D eigenvalue weighted by molar-refractivity contribution is 7.89. The number of hydrazone groups is 1. The summed E-state index contributed by atoms with van der Waals surface area (Å²) in [6.07, 6.45) is 1.28. The average Bonchev–Trinajstić information content (AvgIpc) is 2.71. The van der Waals surface area contributed by atoms with Gasteiger partial charge in [0.05, 0.1) is 29.2 Å². The van der Waals surface area contributed by atoms with Gasteiger partial charge in [0.25, 0.3) is 5.69 Å². The summed E-state index contributed by atoms with van der Waals surface area (Å²) in [5.74, 6) is -0.625. The molecule has 0 radical (unpaired) electrons. The zero-order valence-electron chi connectivity index (χ0n) is 15.1. The number of nitro groups is 1. The van der Waals surface area contributed by atoms with Crippen molar-refractivity contribution in [3.63, 3.8) is 0 Å². The van der Waals surface area contributed by atoms with Gasteiger partial charge in [-0.25, -0.2) is 8.42 Å². The molecular weight excluding hydrogens is 404 g/mol. The Labute approximate surface area is 166 Å².